The van der Waals surface area contributed by atoms with Crippen molar-refractivity contribution in [3.05, 3.63) is 22.4 Å². The minimum absolute atomic E-state index is 0.124. The standard InChI is InChI=1S/C21H30N2O5S/c1-7-27-19(25)18(24)23(16(2)3)14-13-22(20(26)28-21(4,5)6)12-8-10-17-11-9-15-29-17/h9,11,15-16H,7,12-14H2,1-6H3. The molecule has 0 aliphatic carbocycles. The largest absolute Gasteiger partial charge is 0.459 e. The number of carbonyl (C=O) groups excluding carboxylic acids is 3. The number of hydrogen-bond acceptors (Lipinski definition) is 6. The van der Waals surface area contributed by atoms with Crippen LogP contribution in [0.1, 0.15) is 46.4 Å². The summed E-state index contributed by atoms with van der Waals surface area (Å²) < 4.78 is 10.3. The first-order valence-corrected chi connectivity index (χ1v) is 10.4. The molecule has 29 heavy (non-hydrogen) atoms. The number of thiophene rings is 1. The van der Waals surface area contributed by atoms with E-state index in [1.54, 1.807) is 41.5 Å². The minimum atomic E-state index is -0.900. The molecule has 0 radical (unpaired) electrons. The molecule has 0 atom stereocenters. The predicted molar refractivity (Wildman–Crippen MR) is 112 cm³/mol. The van der Waals surface area contributed by atoms with Gasteiger partial charge in [0.05, 0.1) is 18.0 Å². The molecule has 0 saturated carbocycles. The molecule has 0 bridgehead atoms. The molecule has 0 aliphatic heterocycles. The summed E-state index contributed by atoms with van der Waals surface area (Å²) in [6.45, 7) is 11.2. The van der Waals surface area contributed by atoms with Crippen LogP contribution in [0.5, 0.6) is 0 Å². The third-order valence-corrected chi connectivity index (χ3v) is 4.38. The smallest absolute Gasteiger partial charge is 0.411 e. The molecule has 0 fully saturated rings. The van der Waals surface area contributed by atoms with Gasteiger partial charge in [-0.2, -0.15) is 0 Å². The normalized spacial score (nSPS) is 10.7. The summed E-state index contributed by atoms with van der Waals surface area (Å²) in [5.74, 6) is 4.35. The number of esters is 1. The summed E-state index contributed by atoms with van der Waals surface area (Å²) in [4.78, 5) is 40.5. The summed E-state index contributed by atoms with van der Waals surface area (Å²) in [7, 11) is 0. The lowest BCUT2D eigenvalue weighted by atomic mass is 10.2. The van der Waals surface area contributed by atoms with E-state index in [9.17, 15) is 14.4 Å². The Bertz CT molecular complexity index is 741. The van der Waals surface area contributed by atoms with E-state index in [0.29, 0.717) is 0 Å². The maximum Gasteiger partial charge on any atom is 0.411 e. The van der Waals surface area contributed by atoms with Crippen LogP contribution < -0.4 is 0 Å². The molecule has 0 N–H and O–H groups in total. The maximum absolute atomic E-state index is 12.6. The second kappa shape index (κ2) is 11.5. The van der Waals surface area contributed by atoms with Crippen LogP contribution in [-0.4, -0.2) is 65.7 Å². The first-order chi connectivity index (χ1) is 13.5. The lowest BCUT2D eigenvalue weighted by molar-refractivity contribution is -0.160. The maximum atomic E-state index is 12.6. The van der Waals surface area contributed by atoms with Crippen molar-refractivity contribution in [1.82, 2.24) is 9.80 Å². The van der Waals surface area contributed by atoms with Crippen molar-refractivity contribution in [2.75, 3.05) is 26.2 Å². The van der Waals surface area contributed by atoms with Crippen LogP contribution in [-0.2, 0) is 19.1 Å². The van der Waals surface area contributed by atoms with Crippen molar-refractivity contribution >= 4 is 29.3 Å². The van der Waals surface area contributed by atoms with Crippen LogP contribution in [0.2, 0.25) is 0 Å². The average molecular weight is 423 g/mol. The molecule has 0 aromatic carbocycles. The number of nitrogens with zero attached hydrogens (tertiary/aromatic N) is 2. The van der Waals surface area contributed by atoms with E-state index in [-0.39, 0.29) is 32.3 Å². The van der Waals surface area contributed by atoms with Gasteiger partial charge in [-0.05, 0) is 53.0 Å². The Labute approximate surface area is 177 Å². The highest BCUT2D eigenvalue weighted by Crippen LogP contribution is 2.11. The number of hydrogen-bond donors (Lipinski definition) is 0. The average Bonchev–Trinajstić information content (AvgIpc) is 3.11. The molecule has 0 unspecified atom stereocenters. The predicted octanol–water partition coefficient (Wildman–Crippen LogP) is 3.14. The zero-order valence-electron chi connectivity index (χ0n) is 18.0. The van der Waals surface area contributed by atoms with Crippen LogP contribution in [0.15, 0.2) is 17.5 Å². The SMILES string of the molecule is CCOC(=O)C(=O)N(CCN(CC#Cc1cccs1)C(=O)OC(C)(C)C)C(C)C. The van der Waals surface area contributed by atoms with Crippen LogP contribution in [0.25, 0.3) is 0 Å². The summed E-state index contributed by atoms with van der Waals surface area (Å²) in [6.07, 6.45) is -0.523. The van der Waals surface area contributed by atoms with Gasteiger partial charge in [0, 0.05) is 19.1 Å². The molecule has 160 valence electrons. The van der Waals surface area contributed by atoms with E-state index in [1.165, 1.54) is 21.1 Å². The molecule has 0 aliphatic rings. The Morgan fingerprint density at radius 3 is 2.41 bits per heavy atom. The van der Waals surface area contributed by atoms with E-state index < -0.39 is 23.6 Å². The fourth-order valence-corrected chi connectivity index (χ4v) is 2.86. The Kier molecular flexibility index (Phi) is 9.69. The van der Waals surface area contributed by atoms with E-state index in [4.69, 9.17) is 9.47 Å². The first-order valence-electron chi connectivity index (χ1n) is 9.53. The van der Waals surface area contributed by atoms with Gasteiger partial charge in [0.15, 0.2) is 0 Å². The van der Waals surface area contributed by atoms with Gasteiger partial charge >= 0.3 is 18.0 Å². The zero-order valence-corrected chi connectivity index (χ0v) is 18.8. The number of carbonyl (C=O) groups is 3. The Balaban J connectivity index is 2.88. The van der Waals surface area contributed by atoms with Gasteiger partial charge in [-0.3, -0.25) is 9.69 Å². The van der Waals surface area contributed by atoms with Crippen molar-refractivity contribution in [2.24, 2.45) is 0 Å². The van der Waals surface area contributed by atoms with E-state index in [2.05, 4.69) is 11.8 Å². The summed E-state index contributed by atoms with van der Waals surface area (Å²) in [5.41, 5.74) is -0.658. The van der Waals surface area contributed by atoms with Crippen molar-refractivity contribution in [1.29, 1.82) is 0 Å². The van der Waals surface area contributed by atoms with Crippen molar-refractivity contribution < 1.29 is 23.9 Å². The van der Waals surface area contributed by atoms with Gasteiger partial charge in [-0.15, -0.1) is 11.3 Å². The summed E-state index contributed by atoms with van der Waals surface area (Å²) in [6, 6.07) is 3.57. The van der Waals surface area contributed by atoms with Gasteiger partial charge in [0.2, 0.25) is 0 Å². The third kappa shape index (κ3) is 9.01. The lowest BCUT2D eigenvalue weighted by Gasteiger charge is -2.30. The Hall–Kier alpha value is -2.53. The second-order valence-electron chi connectivity index (χ2n) is 7.49. The van der Waals surface area contributed by atoms with Gasteiger partial charge in [0.1, 0.15) is 5.60 Å². The van der Waals surface area contributed by atoms with Crippen molar-refractivity contribution in [3.8, 4) is 11.8 Å². The molecule has 1 heterocycles. The molecule has 0 spiro atoms. The number of rotatable bonds is 6. The van der Waals surface area contributed by atoms with Gasteiger partial charge < -0.3 is 14.4 Å². The molecule has 0 saturated heterocycles. The first kappa shape index (κ1) is 24.5. The highest BCUT2D eigenvalue weighted by molar-refractivity contribution is 7.10. The zero-order chi connectivity index (χ0) is 22.0. The Morgan fingerprint density at radius 2 is 1.90 bits per heavy atom. The number of ether oxygens (including phenoxy) is 2. The third-order valence-electron chi connectivity index (χ3n) is 3.60. The highest BCUT2D eigenvalue weighted by Gasteiger charge is 2.27. The molecular weight excluding hydrogens is 392 g/mol. The molecule has 1 aromatic rings. The lowest BCUT2D eigenvalue weighted by Crippen LogP contribution is -2.47. The number of amides is 2. The molecular formula is C21H30N2O5S. The van der Waals surface area contributed by atoms with E-state index in [1.807, 2.05) is 17.5 Å². The van der Waals surface area contributed by atoms with E-state index >= 15 is 0 Å². The van der Waals surface area contributed by atoms with Crippen LogP contribution in [0, 0.1) is 11.8 Å². The van der Waals surface area contributed by atoms with Gasteiger partial charge in [-0.25, -0.2) is 9.59 Å². The van der Waals surface area contributed by atoms with Crippen molar-refractivity contribution in [2.45, 2.75) is 53.2 Å². The quantitative estimate of drug-likeness (QED) is 0.400. The fraction of sp³-hybridized carbons (Fsp3) is 0.571. The molecule has 2 amide bonds. The molecule has 7 nitrogen and oxygen atoms in total. The fourth-order valence-electron chi connectivity index (χ4n) is 2.27. The van der Waals surface area contributed by atoms with Crippen LogP contribution in [0.3, 0.4) is 0 Å². The van der Waals surface area contributed by atoms with Gasteiger partial charge in [0.25, 0.3) is 0 Å². The summed E-state index contributed by atoms with van der Waals surface area (Å²) in [5, 5.41) is 1.93. The molecule has 1 aromatic heterocycles. The monoisotopic (exact) mass is 422 g/mol. The highest BCUT2D eigenvalue weighted by atomic mass is 32.1. The topological polar surface area (TPSA) is 76.2 Å². The molecule has 1 rings (SSSR count). The summed E-state index contributed by atoms with van der Waals surface area (Å²) >= 11 is 1.51. The van der Waals surface area contributed by atoms with Crippen molar-refractivity contribution in [3.63, 3.8) is 0 Å². The van der Waals surface area contributed by atoms with Crippen LogP contribution >= 0.6 is 11.3 Å². The van der Waals surface area contributed by atoms with Gasteiger partial charge in [-0.1, -0.05) is 17.9 Å². The second-order valence-corrected chi connectivity index (χ2v) is 8.44. The van der Waals surface area contributed by atoms with Crippen LogP contribution in [0.4, 0.5) is 4.79 Å². The molecule has 8 heteroatoms. The Morgan fingerprint density at radius 1 is 1.21 bits per heavy atom. The van der Waals surface area contributed by atoms with E-state index in [0.717, 1.165) is 4.88 Å². The minimum Gasteiger partial charge on any atom is -0.459 e.